The number of pyridine rings is 2. The number of esters is 2. The Bertz CT molecular complexity index is 1570. The molecule has 0 saturated carbocycles. The Hall–Kier alpha value is -4.87. The van der Waals surface area contributed by atoms with Crippen LogP contribution in [0.4, 0.5) is 0 Å². The predicted molar refractivity (Wildman–Crippen MR) is 181 cm³/mol. The smallest absolute Gasteiger partial charge is 0.391 e. The normalized spacial score (nSPS) is 12.5. The zero-order chi connectivity index (χ0) is 33.7. The van der Waals surface area contributed by atoms with E-state index >= 15 is 0 Å². The number of carbonyl (C=O) groups excluding carboxylic acids is 2. The first kappa shape index (κ1) is 35.6. The zero-order valence-corrected chi connectivity index (χ0v) is 27.6. The van der Waals surface area contributed by atoms with Crippen LogP contribution in [0.15, 0.2) is 97.3 Å². The zero-order valence-electron chi connectivity index (χ0n) is 27.6. The minimum absolute atomic E-state index is 0.242. The van der Waals surface area contributed by atoms with Gasteiger partial charge in [-0.05, 0) is 83.4 Å². The van der Waals surface area contributed by atoms with Crippen molar-refractivity contribution in [3.63, 3.8) is 0 Å². The van der Waals surface area contributed by atoms with Crippen molar-refractivity contribution in [2.24, 2.45) is 11.7 Å². The maximum absolute atomic E-state index is 12.2. The van der Waals surface area contributed by atoms with Crippen LogP contribution in [-0.2, 0) is 31.9 Å². The van der Waals surface area contributed by atoms with E-state index in [-0.39, 0.29) is 18.4 Å². The van der Waals surface area contributed by atoms with Gasteiger partial charge in [0.15, 0.2) is 0 Å². The fourth-order valence-electron chi connectivity index (χ4n) is 4.40. The molecule has 4 rings (SSSR count). The molecule has 2 N–H and O–H groups in total. The van der Waals surface area contributed by atoms with Gasteiger partial charge in [-0.15, -0.1) is 0 Å². The third kappa shape index (κ3) is 11.9. The number of hydrogen-bond acceptors (Lipinski definition) is 7. The second kappa shape index (κ2) is 16.4. The van der Waals surface area contributed by atoms with Crippen LogP contribution in [0, 0.1) is 12.5 Å². The van der Waals surface area contributed by atoms with Gasteiger partial charge in [0.05, 0.1) is 23.7 Å². The van der Waals surface area contributed by atoms with E-state index in [1.807, 2.05) is 106 Å². The van der Waals surface area contributed by atoms with Crippen molar-refractivity contribution in [1.29, 1.82) is 0 Å². The lowest BCUT2D eigenvalue weighted by molar-refractivity contribution is -0.159. The first-order chi connectivity index (χ1) is 21.8. The molecular formula is C38H44N4O4. The average molecular weight is 621 g/mol. The third-order valence-corrected chi connectivity index (χ3v) is 6.60. The van der Waals surface area contributed by atoms with E-state index in [1.54, 1.807) is 33.2 Å². The maximum atomic E-state index is 12.2. The highest BCUT2D eigenvalue weighted by molar-refractivity contribution is 5.78. The largest absolute Gasteiger partial charge is 0.460 e. The molecule has 0 aliphatic rings. The van der Waals surface area contributed by atoms with Gasteiger partial charge in [0.1, 0.15) is 11.2 Å². The van der Waals surface area contributed by atoms with Crippen molar-refractivity contribution in [3.8, 4) is 22.5 Å². The summed E-state index contributed by atoms with van der Waals surface area (Å²) in [5, 5.41) is 0. The van der Waals surface area contributed by atoms with Crippen LogP contribution in [0.2, 0.25) is 0 Å². The van der Waals surface area contributed by atoms with Crippen LogP contribution in [0.1, 0.15) is 52.7 Å². The molecule has 0 fully saturated rings. The molecule has 8 heteroatoms. The lowest BCUT2D eigenvalue weighted by atomic mass is 9.97. The molecule has 0 saturated heterocycles. The summed E-state index contributed by atoms with van der Waals surface area (Å²) >= 11 is 0. The molecule has 4 aromatic rings. The lowest BCUT2D eigenvalue weighted by Gasteiger charge is -2.23. The summed E-state index contributed by atoms with van der Waals surface area (Å²) in [5.74, 6) is -1.04. The fraction of sp³-hybridized carbons (Fsp3) is 0.342. The molecule has 2 heterocycles. The average Bonchev–Trinajstić information content (AvgIpc) is 3.02. The van der Waals surface area contributed by atoms with Crippen molar-refractivity contribution in [2.45, 2.75) is 71.6 Å². The summed E-state index contributed by atoms with van der Waals surface area (Å²) in [4.78, 5) is 36.3. The van der Waals surface area contributed by atoms with E-state index in [0.29, 0.717) is 12.8 Å². The quantitative estimate of drug-likeness (QED) is 0.157. The Morgan fingerprint density at radius 3 is 1.50 bits per heavy atom. The number of nitrogens with two attached hydrogens (primary N) is 1. The Morgan fingerprint density at radius 2 is 1.13 bits per heavy atom. The van der Waals surface area contributed by atoms with Crippen molar-refractivity contribution in [3.05, 3.63) is 120 Å². The molecule has 0 amide bonds. The molecule has 2 aromatic heterocycles. The number of hydrogen-bond donors (Lipinski definition) is 1. The highest BCUT2D eigenvalue weighted by Crippen LogP contribution is 2.21. The van der Waals surface area contributed by atoms with Gasteiger partial charge in [0.2, 0.25) is 0 Å². The number of carbonyl (C=O) groups is 2. The number of rotatable bonds is 9. The Labute approximate surface area is 272 Å². The second-order valence-electron chi connectivity index (χ2n) is 12.9. The highest BCUT2D eigenvalue weighted by Gasteiger charge is 2.30. The minimum Gasteiger partial charge on any atom is -0.460 e. The minimum atomic E-state index is -0.810. The number of ether oxygens (including phenoxy) is 2. The summed E-state index contributed by atoms with van der Waals surface area (Å²) in [6, 6.07) is 26.6. The molecule has 46 heavy (non-hydrogen) atoms. The molecule has 0 bridgehead atoms. The van der Waals surface area contributed by atoms with E-state index in [4.69, 9.17) is 21.8 Å². The van der Waals surface area contributed by atoms with Crippen LogP contribution in [0.25, 0.3) is 27.4 Å². The van der Waals surface area contributed by atoms with Gasteiger partial charge in [-0.3, -0.25) is 14.8 Å². The molecule has 8 nitrogen and oxygen atoms in total. The number of nitrogens with zero attached hydrogens (tertiary/aromatic N) is 3. The van der Waals surface area contributed by atoms with Gasteiger partial charge < -0.3 is 20.1 Å². The lowest BCUT2D eigenvalue weighted by Crippen LogP contribution is -2.33. The van der Waals surface area contributed by atoms with E-state index in [0.717, 1.165) is 33.6 Å². The maximum Gasteiger partial charge on any atom is 0.391 e. The van der Waals surface area contributed by atoms with Crippen molar-refractivity contribution in [2.75, 3.05) is 6.54 Å². The summed E-state index contributed by atoms with van der Waals surface area (Å²) < 4.78 is 10.7. The summed E-state index contributed by atoms with van der Waals surface area (Å²) in [7, 11) is 0. The van der Waals surface area contributed by atoms with Gasteiger partial charge in [0.25, 0.3) is 0 Å². The van der Waals surface area contributed by atoms with E-state index < -0.39 is 23.2 Å². The Kier molecular flexibility index (Phi) is 12.7. The topological polar surface area (TPSA) is 109 Å². The number of aromatic nitrogens is 2. The molecule has 0 aliphatic heterocycles. The molecular weight excluding hydrogens is 576 g/mol. The van der Waals surface area contributed by atoms with E-state index in [2.05, 4.69) is 14.8 Å². The fourth-order valence-corrected chi connectivity index (χ4v) is 4.40. The predicted octanol–water partition coefficient (Wildman–Crippen LogP) is 7.13. The van der Waals surface area contributed by atoms with Crippen molar-refractivity contribution < 1.29 is 19.1 Å². The van der Waals surface area contributed by atoms with Gasteiger partial charge in [0, 0.05) is 30.1 Å². The molecule has 240 valence electrons. The summed E-state index contributed by atoms with van der Waals surface area (Å²) in [6.45, 7) is 18.5. The van der Waals surface area contributed by atoms with Crippen molar-refractivity contribution >= 4 is 11.9 Å². The summed E-state index contributed by atoms with van der Waals surface area (Å²) in [5.41, 5.74) is 10.6. The van der Waals surface area contributed by atoms with Crippen LogP contribution in [0.3, 0.4) is 0 Å². The Balaban J connectivity index is 0.000000250. The molecule has 0 aliphatic carbocycles. The van der Waals surface area contributed by atoms with Gasteiger partial charge in [-0.25, -0.2) is 11.4 Å². The van der Waals surface area contributed by atoms with Gasteiger partial charge in [-0.1, -0.05) is 60.7 Å². The van der Waals surface area contributed by atoms with Crippen LogP contribution in [0.5, 0.6) is 0 Å². The Morgan fingerprint density at radius 1 is 0.696 bits per heavy atom. The first-order valence-corrected chi connectivity index (χ1v) is 15.3. The number of benzene rings is 2. The van der Waals surface area contributed by atoms with E-state index in [9.17, 15) is 9.59 Å². The van der Waals surface area contributed by atoms with E-state index in [1.165, 1.54) is 0 Å². The molecule has 0 spiro atoms. The molecule has 2 aromatic carbocycles. The molecule has 0 radical (unpaired) electrons. The third-order valence-electron chi connectivity index (χ3n) is 6.60. The van der Waals surface area contributed by atoms with Gasteiger partial charge >= 0.3 is 18.0 Å². The standard InChI is InChI=1S/C19H20N2O2.C19H24N2O2/c1-19(2,3)23-18(22)17(20-4)13-14-8-10-15(11-9-14)16-7-5-6-12-21-16;1-19(2,3)23-18(22)16(13-20)12-14-7-9-15(10-8-14)17-6-4-5-11-21-17/h5-12,17H,13H2,1-3H3;4-11,16H,12-13,20H2,1-3H3. The van der Waals surface area contributed by atoms with Crippen LogP contribution in [-0.4, -0.2) is 45.7 Å². The highest BCUT2D eigenvalue weighted by atomic mass is 16.6. The second-order valence-corrected chi connectivity index (χ2v) is 12.9. The van der Waals surface area contributed by atoms with Gasteiger partial charge in [-0.2, -0.15) is 0 Å². The van der Waals surface area contributed by atoms with Crippen molar-refractivity contribution in [1.82, 2.24) is 9.97 Å². The SMILES string of the molecule is CC(C)(C)OC(=O)C(CN)Cc1ccc(-c2ccccn2)cc1.[C-]#[N+]C(Cc1ccc(-c2ccccn2)cc1)C(=O)OC(C)(C)C. The molecule has 2 atom stereocenters. The van der Waals surface area contributed by atoms with Crippen LogP contribution < -0.4 is 5.73 Å². The monoisotopic (exact) mass is 620 g/mol. The molecule has 2 unspecified atom stereocenters. The van der Waals surface area contributed by atoms with Crippen LogP contribution >= 0.6 is 0 Å². The summed E-state index contributed by atoms with van der Waals surface area (Å²) in [6.07, 6.45) is 4.45. The first-order valence-electron chi connectivity index (χ1n) is 15.3.